The van der Waals surface area contributed by atoms with Gasteiger partial charge in [0.1, 0.15) is 0 Å². The first-order valence-corrected chi connectivity index (χ1v) is 9.75. The van der Waals surface area contributed by atoms with Crippen molar-refractivity contribution in [3.05, 3.63) is 97.6 Å². The van der Waals surface area contributed by atoms with Crippen molar-refractivity contribution in [1.82, 2.24) is 0 Å². The zero-order chi connectivity index (χ0) is 16.4. The molecule has 0 amide bonds. The van der Waals surface area contributed by atoms with E-state index in [1.54, 1.807) is 0 Å². The molecule has 0 aliphatic carbocycles. The molecule has 0 fully saturated rings. The molecule has 0 heterocycles. The minimum absolute atomic E-state index is 0.469. The van der Waals surface area contributed by atoms with Crippen molar-refractivity contribution in [2.75, 3.05) is 6.16 Å². The Hall–Kier alpha value is -2.43. The van der Waals surface area contributed by atoms with Crippen LogP contribution in [0, 0.1) is 0 Å². The predicted molar refractivity (Wildman–Crippen MR) is 109 cm³/mol. The summed E-state index contributed by atoms with van der Waals surface area (Å²) in [4.78, 5) is 0. The van der Waals surface area contributed by atoms with E-state index >= 15 is 0 Å². The highest BCUT2D eigenvalue weighted by Gasteiger charge is 2.17. The average Bonchev–Trinajstić information content (AvgIpc) is 2.65. The highest BCUT2D eigenvalue weighted by Crippen LogP contribution is 2.38. The van der Waals surface area contributed by atoms with E-state index in [4.69, 9.17) is 0 Å². The molecule has 0 bridgehead atoms. The third-order valence-electron chi connectivity index (χ3n) is 4.43. The van der Waals surface area contributed by atoms with Crippen molar-refractivity contribution in [3.63, 3.8) is 0 Å². The fraction of sp³-hybridized carbons (Fsp3) is 0.0435. The van der Waals surface area contributed by atoms with Crippen molar-refractivity contribution in [2.24, 2.45) is 0 Å². The van der Waals surface area contributed by atoms with Gasteiger partial charge in [0.25, 0.3) is 0 Å². The molecule has 0 aliphatic heterocycles. The van der Waals surface area contributed by atoms with E-state index in [1.807, 2.05) is 0 Å². The zero-order valence-electron chi connectivity index (χ0n) is 13.5. The third kappa shape index (κ3) is 2.64. The van der Waals surface area contributed by atoms with Crippen LogP contribution in [-0.4, -0.2) is 6.16 Å². The molecule has 0 atom stereocenters. The molecule has 1 heteroatoms. The molecule has 0 saturated carbocycles. The first kappa shape index (κ1) is 15.1. The summed E-state index contributed by atoms with van der Waals surface area (Å²) < 4.78 is 0. The van der Waals surface area contributed by atoms with Gasteiger partial charge in [-0.15, -0.1) is 6.58 Å². The van der Waals surface area contributed by atoms with Crippen LogP contribution in [0.5, 0.6) is 0 Å². The van der Waals surface area contributed by atoms with E-state index in [2.05, 4.69) is 97.6 Å². The maximum atomic E-state index is 4.03. The number of hydrogen-bond acceptors (Lipinski definition) is 0. The summed E-state index contributed by atoms with van der Waals surface area (Å²) >= 11 is 0. The molecule has 0 N–H and O–H groups in total. The second-order valence-electron chi connectivity index (χ2n) is 5.90. The normalized spacial score (nSPS) is 11.2. The Morgan fingerprint density at radius 2 is 1.08 bits per heavy atom. The molecule has 24 heavy (non-hydrogen) atoms. The summed E-state index contributed by atoms with van der Waals surface area (Å²) in [5.41, 5.74) is 0. The monoisotopic (exact) mass is 326 g/mol. The summed E-state index contributed by atoms with van der Waals surface area (Å²) in [6, 6.07) is 30.7. The number of benzene rings is 4. The number of allylic oxidation sites excluding steroid dienone is 1. The van der Waals surface area contributed by atoms with Gasteiger partial charge in [-0.25, -0.2) is 0 Å². The molecule has 0 aromatic heterocycles. The van der Waals surface area contributed by atoms with E-state index in [0.717, 1.165) is 6.16 Å². The number of rotatable bonds is 4. The molecule has 116 valence electrons. The van der Waals surface area contributed by atoms with Crippen molar-refractivity contribution in [2.45, 2.75) is 0 Å². The van der Waals surface area contributed by atoms with Crippen molar-refractivity contribution >= 4 is 40.1 Å². The molecule has 0 nitrogen and oxygen atoms in total. The van der Waals surface area contributed by atoms with Crippen LogP contribution in [0.4, 0.5) is 0 Å². The van der Waals surface area contributed by atoms with Gasteiger partial charge in [0.2, 0.25) is 0 Å². The Labute approximate surface area is 144 Å². The third-order valence-corrected chi connectivity index (χ3v) is 6.99. The van der Waals surface area contributed by atoms with Crippen LogP contribution in [0.2, 0.25) is 0 Å². The Kier molecular flexibility index (Phi) is 4.15. The fourth-order valence-corrected chi connectivity index (χ4v) is 5.77. The molecular formula is C23H19P. The summed E-state index contributed by atoms with van der Waals surface area (Å²) in [6.45, 7) is 4.03. The van der Waals surface area contributed by atoms with Crippen LogP contribution < -0.4 is 10.6 Å². The van der Waals surface area contributed by atoms with E-state index in [0.29, 0.717) is 0 Å². The molecule has 0 saturated heterocycles. The predicted octanol–water partition coefficient (Wildman–Crippen LogP) is 5.61. The van der Waals surface area contributed by atoms with Crippen molar-refractivity contribution < 1.29 is 0 Å². The highest BCUT2D eigenvalue weighted by molar-refractivity contribution is 7.74. The molecule has 0 radical (unpaired) electrons. The van der Waals surface area contributed by atoms with E-state index in [-0.39, 0.29) is 0 Å². The molecule has 4 aromatic carbocycles. The van der Waals surface area contributed by atoms with Gasteiger partial charge in [-0.3, -0.25) is 0 Å². The van der Waals surface area contributed by atoms with Crippen LogP contribution in [0.1, 0.15) is 0 Å². The van der Waals surface area contributed by atoms with Crippen LogP contribution in [0.15, 0.2) is 97.6 Å². The van der Waals surface area contributed by atoms with Crippen LogP contribution >= 0.6 is 7.92 Å². The lowest BCUT2D eigenvalue weighted by atomic mass is 10.1. The van der Waals surface area contributed by atoms with Crippen molar-refractivity contribution in [1.29, 1.82) is 0 Å². The standard InChI is InChI=1S/C23H19P/c1-2-17-24(22-15-7-11-18-9-3-5-13-20(18)22)23-16-8-12-19-10-4-6-14-21(19)23/h2-16H,1,17H2. The Morgan fingerprint density at radius 1 is 0.625 bits per heavy atom. The molecule has 0 aliphatic rings. The quantitative estimate of drug-likeness (QED) is 0.338. The van der Waals surface area contributed by atoms with Crippen molar-refractivity contribution in [3.8, 4) is 0 Å². The van der Waals surface area contributed by atoms with E-state index in [9.17, 15) is 0 Å². The maximum Gasteiger partial charge on any atom is -0.00665 e. The van der Waals surface area contributed by atoms with Gasteiger partial charge < -0.3 is 0 Å². The number of hydrogen-bond donors (Lipinski definition) is 0. The summed E-state index contributed by atoms with van der Waals surface area (Å²) in [7, 11) is -0.469. The first-order valence-electron chi connectivity index (χ1n) is 8.22. The minimum Gasteiger partial charge on any atom is -0.103 e. The molecule has 4 aromatic rings. The van der Waals surface area contributed by atoms with Gasteiger partial charge in [-0.05, 0) is 46.2 Å². The number of fused-ring (bicyclic) bond motifs is 2. The van der Waals surface area contributed by atoms with Crippen LogP contribution in [-0.2, 0) is 0 Å². The highest BCUT2D eigenvalue weighted by atomic mass is 31.1. The summed E-state index contributed by atoms with van der Waals surface area (Å²) in [5.74, 6) is 0. The van der Waals surface area contributed by atoms with Gasteiger partial charge >= 0.3 is 0 Å². The zero-order valence-corrected chi connectivity index (χ0v) is 14.4. The van der Waals surface area contributed by atoms with Gasteiger partial charge in [-0.2, -0.15) is 0 Å². The lowest BCUT2D eigenvalue weighted by Gasteiger charge is -2.21. The van der Waals surface area contributed by atoms with E-state index in [1.165, 1.54) is 32.2 Å². The SMILES string of the molecule is C=CCP(c1cccc2ccccc12)c1cccc2ccccc12. The average molecular weight is 326 g/mol. The smallest absolute Gasteiger partial charge is 0.00665 e. The Morgan fingerprint density at radius 3 is 1.58 bits per heavy atom. The van der Waals surface area contributed by atoms with Gasteiger partial charge in [0.05, 0.1) is 0 Å². The van der Waals surface area contributed by atoms with Gasteiger partial charge in [0, 0.05) is 0 Å². The molecular weight excluding hydrogens is 307 g/mol. The fourth-order valence-electron chi connectivity index (χ4n) is 3.34. The van der Waals surface area contributed by atoms with E-state index < -0.39 is 7.92 Å². The minimum atomic E-state index is -0.469. The van der Waals surface area contributed by atoms with Gasteiger partial charge in [0.15, 0.2) is 0 Å². The Bertz CT molecular complexity index is 927. The second-order valence-corrected chi connectivity index (χ2v) is 8.08. The molecule has 4 rings (SSSR count). The van der Waals surface area contributed by atoms with Gasteiger partial charge in [-0.1, -0.05) is 91.0 Å². The lowest BCUT2D eigenvalue weighted by Crippen LogP contribution is -2.15. The summed E-state index contributed by atoms with van der Waals surface area (Å²) in [6.07, 6.45) is 3.06. The summed E-state index contributed by atoms with van der Waals surface area (Å²) in [5, 5.41) is 8.24. The maximum absolute atomic E-state index is 4.03. The first-order chi connectivity index (χ1) is 11.9. The largest absolute Gasteiger partial charge is 0.103 e. The van der Waals surface area contributed by atoms with Crippen LogP contribution in [0.25, 0.3) is 21.5 Å². The second kappa shape index (κ2) is 6.59. The Balaban J connectivity index is 1.98. The lowest BCUT2D eigenvalue weighted by molar-refractivity contribution is 1.73. The van der Waals surface area contributed by atoms with Crippen LogP contribution in [0.3, 0.4) is 0 Å². The topological polar surface area (TPSA) is 0 Å². The molecule has 0 unspecified atom stereocenters. The molecule has 0 spiro atoms.